The lowest BCUT2D eigenvalue weighted by molar-refractivity contribution is 0.0718. The molecule has 0 heterocycles. The number of hydrogen-bond donors (Lipinski definition) is 0. The van der Waals surface area contributed by atoms with Crippen molar-refractivity contribution in [3.63, 3.8) is 0 Å². The van der Waals surface area contributed by atoms with Gasteiger partial charge >= 0.3 is 23.9 Å². The molecule has 7 aromatic carbocycles. The topological polar surface area (TPSA) is 124 Å². The summed E-state index contributed by atoms with van der Waals surface area (Å²) in [6, 6.07) is 46.5. The molecular formula is C72H82O10. The van der Waals surface area contributed by atoms with E-state index in [1.165, 1.54) is 196 Å². The molecule has 0 fully saturated rings. The zero-order chi connectivity index (χ0) is 57.7. The van der Waals surface area contributed by atoms with E-state index in [0.717, 1.165) is 35.1 Å². The minimum absolute atomic E-state index is 0.106. The van der Waals surface area contributed by atoms with E-state index in [4.69, 9.17) is 28.4 Å². The van der Waals surface area contributed by atoms with Crippen LogP contribution >= 0.6 is 0 Å². The van der Waals surface area contributed by atoms with Gasteiger partial charge in [0.1, 0.15) is 11.5 Å². The number of carbonyl (C=O) groups is 4. The highest BCUT2D eigenvalue weighted by Gasteiger charge is 2.20. The summed E-state index contributed by atoms with van der Waals surface area (Å²) < 4.78 is 33.7. The largest absolute Gasteiger partial charge is 0.493 e. The van der Waals surface area contributed by atoms with Crippen LogP contribution in [0.2, 0.25) is 0 Å². The predicted octanol–water partition coefficient (Wildman–Crippen LogP) is 18.8. The van der Waals surface area contributed by atoms with E-state index in [2.05, 4.69) is 62.4 Å². The Kier molecular flexibility index (Phi) is 25.3. The van der Waals surface area contributed by atoms with E-state index in [1.807, 2.05) is 24.3 Å². The van der Waals surface area contributed by atoms with Crippen molar-refractivity contribution in [1.29, 1.82) is 0 Å². The number of hydrogen-bond acceptors (Lipinski definition) is 10. The Morgan fingerprint density at radius 2 is 0.585 bits per heavy atom. The van der Waals surface area contributed by atoms with Gasteiger partial charge in [-0.3, -0.25) is 0 Å². The van der Waals surface area contributed by atoms with Gasteiger partial charge in [-0.05, 0) is 132 Å². The lowest BCUT2D eigenvalue weighted by Crippen LogP contribution is -2.12. The van der Waals surface area contributed by atoms with Crippen molar-refractivity contribution in [1.82, 2.24) is 0 Å². The van der Waals surface area contributed by atoms with Crippen molar-refractivity contribution in [2.24, 2.45) is 0 Å². The van der Waals surface area contributed by atoms with Gasteiger partial charge in [-0.2, -0.15) is 0 Å². The fourth-order valence-corrected chi connectivity index (χ4v) is 9.97. The molecule has 10 heteroatoms. The van der Waals surface area contributed by atoms with Crippen LogP contribution in [-0.4, -0.2) is 38.1 Å². The third-order valence-electron chi connectivity index (χ3n) is 14.9. The van der Waals surface area contributed by atoms with E-state index in [0.29, 0.717) is 11.1 Å². The highest BCUT2D eigenvalue weighted by molar-refractivity contribution is 5.95. The second-order valence-electron chi connectivity index (χ2n) is 21.2. The summed E-state index contributed by atoms with van der Waals surface area (Å²) >= 11 is 0. The zero-order valence-electron chi connectivity index (χ0n) is 48.6. The average Bonchev–Trinajstić information content (AvgIpc) is 3.64. The fraction of sp³-hybridized carbons (Fsp3) is 0.361. The number of carbonyl (C=O) groups excluding carboxylic acids is 4. The number of esters is 4. The summed E-state index contributed by atoms with van der Waals surface area (Å²) in [4.78, 5) is 53.3. The van der Waals surface area contributed by atoms with Crippen LogP contribution in [-0.2, 0) is 12.8 Å². The van der Waals surface area contributed by atoms with Gasteiger partial charge in [0, 0.05) is 6.07 Å². The van der Waals surface area contributed by atoms with Crippen LogP contribution in [0.3, 0.4) is 0 Å². The maximum absolute atomic E-state index is 13.4. The molecule has 0 aliphatic heterocycles. The van der Waals surface area contributed by atoms with Crippen LogP contribution in [0.4, 0.5) is 0 Å². The molecule has 0 saturated carbocycles. The second kappa shape index (κ2) is 33.7. The first-order chi connectivity index (χ1) is 40.1. The van der Waals surface area contributed by atoms with Crippen LogP contribution < -0.4 is 28.4 Å². The van der Waals surface area contributed by atoms with Crippen molar-refractivity contribution in [3.8, 4) is 56.8 Å². The normalized spacial score (nSPS) is 11.0. The van der Waals surface area contributed by atoms with E-state index in [9.17, 15) is 19.2 Å². The summed E-state index contributed by atoms with van der Waals surface area (Å²) in [6.45, 7) is 4.52. The quantitative estimate of drug-likeness (QED) is 0.0219. The van der Waals surface area contributed by atoms with Crippen molar-refractivity contribution in [3.05, 3.63) is 191 Å². The highest BCUT2D eigenvalue weighted by Crippen LogP contribution is 2.33. The Morgan fingerprint density at radius 3 is 0.915 bits per heavy atom. The second-order valence-corrected chi connectivity index (χ2v) is 21.2. The molecule has 0 bridgehead atoms. The molecule has 10 nitrogen and oxygen atoms in total. The lowest BCUT2D eigenvalue weighted by atomic mass is 10.00. The van der Waals surface area contributed by atoms with Crippen LogP contribution in [0.1, 0.15) is 195 Å². The summed E-state index contributed by atoms with van der Waals surface area (Å²) in [6.07, 6.45) is 28.6. The van der Waals surface area contributed by atoms with Crippen molar-refractivity contribution >= 4 is 23.9 Å². The highest BCUT2D eigenvalue weighted by atomic mass is 16.6. The Hall–Kier alpha value is -7.98. The van der Waals surface area contributed by atoms with E-state index >= 15 is 0 Å². The Labute approximate surface area is 486 Å². The maximum Gasteiger partial charge on any atom is 0.343 e. The third-order valence-corrected chi connectivity index (χ3v) is 14.9. The first-order valence-corrected chi connectivity index (χ1v) is 29.9. The Morgan fingerprint density at radius 1 is 0.293 bits per heavy atom. The number of aryl methyl sites for hydroxylation is 2. The molecule has 82 heavy (non-hydrogen) atoms. The maximum atomic E-state index is 13.4. The molecule has 0 aliphatic carbocycles. The smallest absolute Gasteiger partial charge is 0.343 e. The minimum atomic E-state index is -0.729. The fourth-order valence-electron chi connectivity index (χ4n) is 9.97. The Bertz CT molecular complexity index is 2880. The molecule has 0 saturated heterocycles. The molecule has 430 valence electrons. The van der Waals surface area contributed by atoms with Crippen molar-refractivity contribution in [2.45, 2.75) is 155 Å². The molecule has 0 aromatic heterocycles. The van der Waals surface area contributed by atoms with Gasteiger partial charge in [0.15, 0.2) is 23.0 Å². The SMILES string of the molecule is CCCCCCCCCCCCc1ccc(-c2ccc(C(=O)Oc3ccc(C(=O)Oc4cccc(OC(=O)c5ccc(OC(=O)c6ccc(-c7ccc(CCCCCCCCCCCC)cc7)cc6)c(OC)c5)c4)cc3OC)cc2)cc1. The molecule has 0 spiro atoms. The van der Waals surface area contributed by atoms with Crippen LogP contribution in [0.15, 0.2) is 158 Å². The molecule has 0 amide bonds. The molecule has 0 N–H and O–H groups in total. The first kappa shape index (κ1) is 61.6. The molecular weight excluding hydrogens is 1020 g/mol. The van der Waals surface area contributed by atoms with Crippen molar-refractivity contribution < 1.29 is 47.6 Å². The molecule has 0 radical (unpaired) electrons. The number of ether oxygens (including phenoxy) is 6. The van der Waals surface area contributed by atoms with Crippen LogP contribution in [0.5, 0.6) is 34.5 Å². The lowest BCUT2D eigenvalue weighted by Gasteiger charge is -2.12. The number of methoxy groups -OCH3 is 2. The monoisotopic (exact) mass is 1110 g/mol. The minimum Gasteiger partial charge on any atom is -0.493 e. The van der Waals surface area contributed by atoms with E-state index in [-0.39, 0.29) is 45.6 Å². The van der Waals surface area contributed by atoms with Crippen LogP contribution in [0.25, 0.3) is 22.3 Å². The van der Waals surface area contributed by atoms with Gasteiger partial charge in [-0.15, -0.1) is 0 Å². The van der Waals surface area contributed by atoms with Crippen molar-refractivity contribution in [2.75, 3.05) is 14.2 Å². The van der Waals surface area contributed by atoms with Gasteiger partial charge in [0.05, 0.1) is 36.5 Å². The van der Waals surface area contributed by atoms with Gasteiger partial charge in [0.25, 0.3) is 0 Å². The standard InChI is InChI=1S/C72H82O10/c1-5-7-9-11-13-15-17-19-21-23-26-53-30-34-55(35-31-53)57-38-42-59(43-39-57)69(73)81-65-48-46-61(50-67(65)77-3)71(75)79-63-28-25-29-64(52-63)80-72(76)62-47-49-66(68(51-62)78-4)82-70(74)60-44-40-58(41-45-60)56-36-32-54(33-37-56)27-24-22-20-18-16-14-12-10-8-6-2/h25,28-52H,5-24,26-27H2,1-4H3. The van der Waals surface area contributed by atoms with Gasteiger partial charge in [0.2, 0.25) is 0 Å². The van der Waals surface area contributed by atoms with Gasteiger partial charge in [-0.1, -0.05) is 208 Å². The summed E-state index contributed by atoms with van der Waals surface area (Å²) in [7, 11) is 2.82. The van der Waals surface area contributed by atoms with E-state index in [1.54, 1.807) is 42.5 Å². The van der Waals surface area contributed by atoms with E-state index < -0.39 is 23.9 Å². The number of rotatable bonds is 34. The molecule has 7 rings (SSSR count). The number of benzene rings is 7. The zero-order valence-corrected chi connectivity index (χ0v) is 48.6. The predicted molar refractivity (Wildman–Crippen MR) is 327 cm³/mol. The first-order valence-electron chi connectivity index (χ1n) is 29.9. The summed E-state index contributed by atoms with van der Waals surface area (Å²) in [5, 5.41) is 0. The Balaban J connectivity index is 0.844. The van der Waals surface area contributed by atoms with Gasteiger partial charge in [-0.25, -0.2) is 19.2 Å². The molecule has 0 unspecified atom stereocenters. The molecule has 0 atom stereocenters. The molecule has 7 aromatic rings. The summed E-state index contributed by atoms with van der Waals surface area (Å²) in [5.74, 6) is -1.87. The average molecular weight is 1110 g/mol. The van der Waals surface area contributed by atoms with Crippen LogP contribution in [0, 0.1) is 0 Å². The number of unbranched alkanes of at least 4 members (excludes halogenated alkanes) is 18. The molecule has 0 aliphatic rings. The summed E-state index contributed by atoms with van der Waals surface area (Å²) in [5.41, 5.74) is 7.73. The third kappa shape index (κ3) is 19.6. The van der Waals surface area contributed by atoms with Gasteiger partial charge < -0.3 is 28.4 Å².